The molecule has 0 aliphatic heterocycles. The highest BCUT2D eigenvalue weighted by Gasteiger charge is 2.26. The molecule has 0 aromatic rings. The van der Waals surface area contributed by atoms with Gasteiger partial charge >= 0.3 is 13.8 Å². The zero-order chi connectivity index (χ0) is 44.1. The Morgan fingerprint density at radius 2 is 0.767 bits per heavy atom. The highest BCUT2D eigenvalue weighted by Crippen LogP contribution is 2.43. The van der Waals surface area contributed by atoms with Crippen LogP contribution < -0.4 is 0 Å². The van der Waals surface area contributed by atoms with Crippen molar-refractivity contribution >= 4 is 13.8 Å². The van der Waals surface area contributed by atoms with Gasteiger partial charge < -0.3 is 18.9 Å². The maximum Gasteiger partial charge on any atom is 0.472 e. The van der Waals surface area contributed by atoms with Gasteiger partial charge in [0.1, 0.15) is 19.3 Å². The van der Waals surface area contributed by atoms with Crippen LogP contribution in [-0.4, -0.2) is 75.6 Å². The van der Waals surface area contributed by atoms with E-state index < -0.39 is 13.9 Å². The van der Waals surface area contributed by atoms with Crippen molar-refractivity contribution in [3.8, 4) is 0 Å². The lowest BCUT2D eigenvalue weighted by molar-refractivity contribution is -0.870. The highest BCUT2D eigenvalue weighted by molar-refractivity contribution is 7.47. The Morgan fingerprint density at radius 3 is 1.10 bits per heavy atom. The molecule has 0 radical (unpaired) electrons. The Bertz CT molecular complexity index is 930. The summed E-state index contributed by atoms with van der Waals surface area (Å²) in [4.78, 5) is 23.0. The van der Waals surface area contributed by atoms with Gasteiger partial charge in [-0.1, -0.05) is 245 Å². The lowest BCUT2D eigenvalue weighted by Crippen LogP contribution is -2.37. The van der Waals surface area contributed by atoms with Crippen LogP contribution in [0.2, 0.25) is 0 Å². The van der Waals surface area contributed by atoms with Gasteiger partial charge in [-0.2, -0.15) is 0 Å². The summed E-state index contributed by atoms with van der Waals surface area (Å²) in [5.74, 6) is -0.305. The minimum Gasteiger partial charge on any atom is -0.457 e. The first-order valence-corrected chi connectivity index (χ1v) is 27.8. The highest BCUT2D eigenvalue weighted by atomic mass is 31.2. The third kappa shape index (κ3) is 48.5. The predicted molar refractivity (Wildman–Crippen MR) is 257 cm³/mol. The van der Waals surface area contributed by atoms with Crippen LogP contribution in [0.4, 0.5) is 0 Å². The Morgan fingerprint density at radius 1 is 0.450 bits per heavy atom. The van der Waals surface area contributed by atoms with Gasteiger partial charge in [-0.05, 0) is 12.8 Å². The molecule has 0 aromatic heterocycles. The van der Waals surface area contributed by atoms with Crippen molar-refractivity contribution in [3.63, 3.8) is 0 Å². The molecule has 0 aliphatic rings. The molecule has 0 bridgehead atoms. The van der Waals surface area contributed by atoms with Crippen molar-refractivity contribution in [2.75, 3.05) is 54.1 Å². The lowest BCUT2D eigenvalue weighted by atomic mass is 10.0. The van der Waals surface area contributed by atoms with Gasteiger partial charge in [0.2, 0.25) is 0 Å². The van der Waals surface area contributed by atoms with Crippen molar-refractivity contribution in [1.82, 2.24) is 0 Å². The van der Waals surface area contributed by atoms with E-state index in [1.807, 2.05) is 21.1 Å². The number of quaternary nitrogens is 1. The molecule has 360 valence electrons. The van der Waals surface area contributed by atoms with E-state index in [4.69, 9.17) is 18.5 Å². The van der Waals surface area contributed by atoms with Gasteiger partial charge in [-0.15, -0.1) is 0 Å². The minimum atomic E-state index is -4.27. The molecule has 0 saturated heterocycles. The second-order valence-electron chi connectivity index (χ2n) is 19.3. The fourth-order valence-electron chi connectivity index (χ4n) is 7.85. The zero-order valence-corrected chi connectivity index (χ0v) is 41.9. The number of carbonyl (C=O) groups excluding carboxylic acids is 1. The lowest BCUT2D eigenvalue weighted by Gasteiger charge is -2.24. The number of esters is 1. The molecule has 0 heterocycles. The third-order valence-electron chi connectivity index (χ3n) is 11.9. The minimum absolute atomic E-state index is 0.0942. The van der Waals surface area contributed by atoms with E-state index in [1.165, 1.54) is 212 Å². The number of hydrogen-bond acceptors (Lipinski definition) is 6. The van der Waals surface area contributed by atoms with Gasteiger partial charge in [0.25, 0.3) is 0 Å². The molecule has 0 amide bonds. The molecule has 0 spiro atoms. The summed E-state index contributed by atoms with van der Waals surface area (Å²) in [6.45, 7) is 5.70. The number of likely N-dealkylation sites (N-methyl/N-ethyl adjacent to an activating group) is 1. The summed E-state index contributed by atoms with van der Waals surface area (Å²) in [5, 5.41) is 0. The zero-order valence-electron chi connectivity index (χ0n) is 41.0. The van der Waals surface area contributed by atoms with Gasteiger partial charge in [0.05, 0.1) is 34.4 Å². The van der Waals surface area contributed by atoms with E-state index in [-0.39, 0.29) is 25.8 Å². The molecule has 9 heteroatoms. The van der Waals surface area contributed by atoms with Gasteiger partial charge in [-0.3, -0.25) is 13.8 Å². The summed E-state index contributed by atoms with van der Waals surface area (Å²) in [7, 11) is 1.69. The SMILES string of the molecule is CCCCCCCCCCCCCCCCCCCCCCCCCOCC(COP(=O)(O)OCC[N+](C)(C)C)OC(=O)CCCCCCCCCCCCCCCCC. The number of nitrogens with zero attached hydrogens (tertiary/aromatic N) is 1. The number of hydrogen-bond donors (Lipinski definition) is 1. The number of phosphoric ester groups is 1. The molecule has 60 heavy (non-hydrogen) atoms. The third-order valence-corrected chi connectivity index (χ3v) is 12.9. The van der Waals surface area contributed by atoms with E-state index in [0.29, 0.717) is 24.1 Å². The van der Waals surface area contributed by atoms with E-state index in [9.17, 15) is 14.3 Å². The summed E-state index contributed by atoms with van der Waals surface area (Å²) >= 11 is 0. The Balaban J connectivity index is 4.03. The molecular formula is C51H105NO7P+. The fraction of sp³-hybridized carbons (Fsp3) is 0.980. The first kappa shape index (κ1) is 59.5. The molecule has 0 saturated carbocycles. The number of rotatable bonds is 50. The summed E-state index contributed by atoms with van der Waals surface area (Å²) < 4.78 is 35.2. The Kier molecular flexibility index (Phi) is 44.7. The Hall–Kier alpha value is -0.500. The molecular weight excluding hydrogens is 770 g/mol. The monoisotopic (exact) mass is 875 g/mol. The standard InChI is InChI=1S/C51H104NO7P/c1-6-8-10-12-14-16-18-20-22-23-24-25-26-27-28-29-31-33-35-37-39-41-43-46-56-48-50(49-58-60(54,55)57-47-45-52(3,4)5)59-51(53)44-42-40-38-36-34-32-30-21-19-17-15-13-11-9-7-2/h50H,6-49H2,1-5H3/p+1. The van der Waals surface area contributed by atoms with Crippen LogP contribution >= 0.6 is 7.82 Å². The largest absolute Gasteiger partial charge is 0.472 e. The Labute approximate surface area is 374 Å². The van der Waals surface area contributed by atoms with Crippen LogP contribution in [-0.2, 0) is 27.9 Å². The second-order valence-corrected chi connectivity index (χ2v) is 20.7. The first-order valence-electron chi connectivity index (χ1n) is 26.3. The smallest absolute Gasteiger partial charge is 0.457 e. The van der Waals surface area contributed by atoms with Crippen molar-refractivity contribution < 1.29 is 37.3 Å². The molecule has 0 fully saturated rings. The topological polar surface area (TPSA) is 91.3 Å². The molecule has 1 N–H and O–H groups in total. The van der Waals surface area contributed by atoms with Crippen LogP contribution in [0.5, 0.6) is 0 Å². The molecule has 0 aliphatic carbocycles. The molecule has 8 nitrogen and oxygen atoms in total. The van der Waals surface area contributed by atoms with E-state index in [0.717, 1.165) is 32.1 Å². The average Bonchev–Trinajstić information content (AvgIpc) is 3.20. The van der Waals surface area contributed by atoms with Crippen molar-refractivity contribution in [2.45, 2.75) is 270 Å². The summed E-state index contributed by atoms with van der Waals surface area (Å²) in [6, 6.07) is 0. The van der Waals surface area contributed by atoms with Crippen LogP contribution in [0, 0.1) is 0 Å². The van der Waals surface area contributed by atoms with E-state index >= 15 is 0 Å². The fourth-order valence-corrected chi connectivity index (χ4v) is 8.59. The van der Waals surface area contributed by atoms with E-state index in [1.54, 1.807) is 0 Å². The van der Waals surface area contributed by atoms with Crippen molar-refractivity contribution in [2.24, 2.45) is 0 Å². The molecule has 0 rings (SSSR count). The molecule has 2 atom stereocenters. The van der Waals surface area contributed by atoms with Gasteiger partial charge in [0, 0.05) is 13.0 Å². The van der Waals surface area contributed by atoms with Crippen LogP contribution in [0.25, 0.3) is 0 Å². The van der Waals surface area contributed by atoms with Crippen LogP contribution in [0.15, 0.2) is 0 Å². The molecule has 0 aromatic carbocycles. The van der Waals surface area contributed by atoms with Gasteiger partial charge in [0.15, 0.2) is 0 Å². The number of phosphoric acid groups is 1. The number of carbonyl (C=O) groups is 1. The maximum absolute atomic E-state index is 12.7. The van der Waals surface area contributed by atoms with E-state index in [2.05, 4.69) is 13.8 Å². The average molecular weight is 875 g/mol. The number of unbranched alkanes of at least 4 members (excludes halogenated alkanes) is 36. The van der Waals surface area contributed by atoms with Gasteiger partial charge in [-0.25, -0.2) is 4.57 Å². The quantitative estimate of drug-likeness (QED) is 0.0282. The summed E-state index contributed by atoms with van der Waals surface area (Å²) in [6.07, 6.45) is 50.1. The second kappa shape index (κ2) is 45.1. The number of ether oxygens (including phenoxy) is 2. The molecule has 2 unspecified atom stereocenters. The normalized spacial score (nSPS) is 13.5. The summed E-state index contributed by atoms with van der Waals surface area (Å²) in [5.41, 5.74) is 0. The first-order chi connectivity index (χ1) is 29.1. The van der Waals surface area contributed by atoms with Crippen LogP contribution in [0.1, 0.15) is 264 Å². The van der Waals surface area contributed by atoms with Crippen molar-refractivity contribution in [3.05, 3.63) is 0 Å². The van der Waals surface area contributed by atoms with Crippen LogP contribution in [0.3, 0.4) is 0 Å². The maximum atomic E-state index is 12.7. The van der Waals surface area contributed by atoms with Crippen molar-refractivity contribution in [1.29, 1.82) is 0 Å². The predicted octanol–water partition coefficient (Wildman–Crippen LogP) is 16.0.